The Morgan fingerprint density at radius 2 is 2.03 bits per heavy atom. The van der Waals surface area contributed by atoms with Crippen LogP contribution in [0.15, 0.2) is 42.6 Å². The van der Waals surface area contributed by atoms with E-state index in [1.807, 2.05) is 32.0 Å². The van der Waals surface area contributed by atoms with Crippen LogP contribution in [0.4, 0.5) is 11.5 Å². The lowest BCUT2D eigenvalue weighted by Crippen LogP contribution is -2.43. The van der Waals surface area contributed by atoms with E-state index in [1.165, 1.54) is 0 Å². The van der Waals surface area contributed by atoms with Crippen molar-refractivity contribution in [1.29, 1.82) is 0 Å². The second-order valence-electron chi connectivity index (χ2n) is 8.22. The topological polar surface area (TPSA) is 101 Å². The number of pyridine rings is 1. The first-order valence-corrected chi connectivity index (χ1v) is 9.95. The van der Waals surface area contributed by atoms with Gasteiger partial charge in [-0.25, -0.2) is 4.98 Å². The highest BCUT2D eigenvalue weighted by Gasteiger charge is 2.33. The molecule has 1 aromatic heterocycles. The molecule has 156 valence electrons. The van der Waals surface area contributed by atoms with Crippen LogP contribution in [0.3, 0.4) is 0 Å². The zero-order valence-corrected chi connectivity index (χ0v) is 17.0. The van der Waals surface area contributed by atoms with Crippen LogP contribution in [0, 0.1) is 0 Å². The van der Waals surface area contributed by atoms with Crippen LogP contribution in [0.1, 0.15) is 37.0 Å². The molecule has 1 aromatic carbocycles. The molecule has 2 aromatic rings. The number of amides is 2. The molecule has 1 saturated heterocycles. The first-order valence-electron chi connectivity index (χ1n) is 9.95. The maximum absolute atomic E-state index is 12.4. The van der Waals surface area contributed by atoms with Crippen molar-refractivity contribution >= 4 is 29.1 Å². The molecule has 2 aliphatic rings. The number of rotatable bonds is 3. The van der Waals surface area contributed by atoms with Crippen molar-refractivity contribution in [3.8, 4) is 5.75 Å². The zero-order valence-electron chi connectivity index (χ0n) is 17.0. The van der Waals surface area contributed by atoms with Crippen LogP contribution >= 0.6 is 0 Å². The Balaban J connectivity index is 1.35. The Hall–Kier alpha value is -3.42. The summed E-state index contributed by atoms with van der Waals surface area (Å²) < 4.78 is 5.81. The van der Waals surface area contributed by atoms with E-state index in [1.54, 1.807) is 24.4 Å². The van der Waals surface area contributed by atoms with Gasteiger partial charge in [-0.15, -0.1) is 0 Å². The molecule has 1 atom stereocenters. The van der Waals surface area contributed by atoms with Gasteiger partial charge in [-0.2, -0.15) is 0 Å². The van der Waals surface area contributed by atoms with Crippen LogP contribution in [0.2, 0.25) is 0 Å². The lowest BCUT2D eigenvalue weighted by molar-refractivity contribution is -0.136. The standard InChI is InChI=1S/C22H24N4O4/c1-22(2)12-17(27)16-11-14(6-7-18(16)30-22)24-20(28)21(29)25-15-8-10-26(13-15)19-5-3-4-9-23-19/h3-7,9,11,15H,8,10,12-13H2,1-2H3,(H,24,28)(H,25,29). The summed E-state index contributed by atoms with van der Waals surface area (Å²) in [5, 5.41) is 5.33. The highest BCUT2D eigenvalue weighted by Crippen LogP contribution is 2.34. The highest BCUT2D eigenvalue weighted by molar-refractivity contribution is 6.39. The Kier molecular flexibility index (Phi) is 5.15. The molecule has 4 rings (SSSR count). The summed E-state index contributed by atoms with van der Waals surface area (Å²) in [6.45, 7) is 5.06. The number of fused-ring (bicyclic) bond motifs is 1. The van der Waals surface area contributed by atoms with E-state index in [-0.39, 0.29) is 18.2 Å². The number of aromatic nitrogens is 1. The largest absolute Gasteiger partial charge is 0.487 e. The number of ether oxygens (including phenoxy) is 1. The maximum Gasteiger partial charge on any atom is 0.313 e. The number of nitrogens with one attached hydrogen (secondary N) is 2. The summed E-state index contributed by atoms with van der Waals surface area (Å²) >= 11 is 0. The molecule has 2 amide bonds. The van der Waals surface area contributed by atoms with Crippen molar-refractivity contribution in [2.75, 3.05) is 23.3 Å². The van der Waals surface area contributed by atoms with E-state index in [2.05, 4.69) is 20.5 Å². The third kappa shape index (κ3) is 4.27. The van der Waals surface area contributed by atoms with Gasteiger partial charge in [0, 0.05) is 31.0 Å². The maximum atomic E-state index is 12.4. The molecule has 8 heteroatoms. The molecule has 2 N–H and O–H groups in total. The fraction of sp³-hybridized carbons (Fsp3) is 0.364. The molecule has 1 fully saturated rings. The number of ketones is 1. The molecule has 0 aliphatic carbocycles. The van der Waals surface area contributed by atoms with Crippen molar-refractivity contribution in [2.45, 2.75) is 38.3 Å². The van der Waals surface area contributed by atoms with Gasteiger partial charge in [-0.3, -0.25) is 14.4 Å². The summed E-state index contributed by atoms with van der Waals surface area (Å²) in [6.07, 6.45) is 2.71. The van der Waals surface area contributed by atoms with E-state index in [4.69, 9.17) is 4.74 Å². The van der Waals surface area contributed by atoms with E-state index >= 15 is 0 Å². The molecule has 30 heavy (non-hydrogen) atoms. The monoisotopic (exact) mass is 408 g/mol. The van der Waals surface area contributed by atoms with Gasteiger partial charge in [-0.05, 0) is 50.6 Å². The van der Waals surface area contributed by atoms with Crippen molar-refractivity contribution in [3.63, 3.8) is 0 Å². The van der Waals surface area contributed by atoms with Crippen molar-refractivity contribution in [1.82, 2.24) is 10.3 Å². The minimum absolute atomic E-state index is 0.0534. The van der Waals surface area contributed by atoms with Crippen LogP contribution < -0.4 is 20.3 Å². The number of carbonyl (C=O) groups is 3. The second kappa shape index (κ2) is 7.78. The van der Waals surface area contributed by atoms with E-state index in [0.717, 1.165) is 18.8 Å². The summed E-state index contributed by atoms with van der Waals surface area (Å²) in [5.74, 6) is -0.190. The van der Waals surface area contributed by atoms with Gasteiger partial charge in [0.15, 0.2) is 5.78 Å². The predicted octanol–water partition coefficient (Wildman–Crippen LogP) is 2.16. The van der Waals surface area contributed by atoms with Crippen molar-refractivity contribution in [2.24, 2.45) is 0 Å². The fourth-order valence-electron chi connectivity index (χ4n) is 3.80. The van der Waals surface area contributed by atoms with Gasteiger partial charge in [0.25, 0.3) is 0 Å². The van der Waals surface area contributed by atoms with Gasteiger partial charge in [0.1, 0.15) is 17.2 Å². The van der Waals surface area contributed by atoms with Gasteiger partial charge < -0.3 is 20.3 Å². The van der Waals surface area contributed by atoms with Crippen LogP contribution in [-0.2, 0) is 9.59 Å². The Bertz CT molecular complexity index is 990. The highest BCUT2D eigenvalue weighted by atomic mass is 16.5. The molecule has 0 bridgehead atoms. The lowest BCUT2D eigenvalue weighted by atomic mass is 9.93. The molecular weight excluding hydrogens is 384 g/mol. The van der Waals surface area contributed by atoms with Crippen LogP contribution in [0.25, 0.3) is 0 Å². The second-order valence-corrected chi connectivity index (χ2v) is 8.22. The first-order chi connectivity index (χ1) is 14.3. The molecule has 0 saturated carbocycles. The minimum Gasteiger partial charge on any atom is -0.487 e. The molecule has 1 unspecified atom stereocenters. The first kappa shape index (κ1) is 19.9. The fourth-order valence-corrected chi connectivity index (χ4v) is 3.80. The number of nitrogens with zero attached hydrogens (tertiary/aromatic N) is 2. The normalized spacial score (nSPS) is 19.6. The predicted molar refractivity (Wildman–Crippen MR) is 112 cm³/mol. The van der Waals surface area contributed by atoms with E-state index in [0.29, 0.717) is 23.5 Å². The molecule has 0 spiro atoms. The molecule has 0 radical (unpaired) electrons. The molecule has 3 heterocycles. The smallest absolute Gasteiger partial charge is 0.313 e. The summed E-state index contributed by atoms with van der Waals surface area (Å²) in [6, 6.07) is 10.4. The number of carbonyl (C=O) groups excluding carboxylic acids is 3. The average molecular weight is 408 g/mol. The quantitative estimate of drug-likeness (QED) is 0.755. The Labute approximate surface area is 174 Å². The van der Waals surface area contributed by atoms with Crippen LogP contribution in [0.5, 0.6) is 5.75 Å². The summed E-state index contributed by atoms with van der Waals surface area (Å²) in [4.78, 5) is 43.4. The van der Waals surface area contributed by atoms with Crippen molar-refractivity contribution < 1.29 is 19.1 Å². The third-order valence-corrected chi connectivity index (χ3v) is 5.21. The lowest BCUT2D eigenvalue weighted by Gasteiger charge is -2.31. The van der Waals surface area contributed by atoms with Gasteiger partial charge in [-0.1, -0.05) is 6.07 Å². The number of hydrogen-bond donors (Lipinski definition) is 2. The van der Waals surface area contributed by atoms with Gasteiger partial charge in [0.2, 0.25) is 0 Å². The van der Waals surface area contributed by atoms with Gasteiger partial charge >= 0.3 is 11.8 Å². The SMILES string of the molecule is CC1(C)CC(=O)c2cc(NC(=O)C(=O)NC3CCN(c4ccccn4)C3)ccc2O1. The van der Waals surface area contributed by atoms with E-state index in [9.17, 15) is 14.4 Å². The Morgan fingerprint density at radius 1 is 1.20 bits per heavy atom. The summed E-state index contributed by atoms with van der Waals surface area (Å²) in [7, 11) is 0. The molecule has 2 aliphatic heterocycles. The third-order valence-electron chi connectivity index (χ3n) is 5.21. The average Bonchev–Trinajstić information content (AvgIpc) is 3.17. The van der Waals surface area contributed by atoms with E-state index < -0.39 is 17.4 Å². The molecular formula is C22H24N4O4. The number of benzene rings is 1. The number of hydrogen-bond acceptors (Lipinski definition) is 6. The molecule has 8 nitrogen and oxygen atoms in total. The number of Topliss-reactive ketones (excluding diaryl/α,β-unsaturated/α-hetero) is 1. The van der Waals surface area contributed by atoms with Crippen molar-refractivity contribution in [3.05, 3.63) is 48.2 Å². The van der Waals surface area contributed by atoms with Crippen LogP contribution in [-0.4, -0.2) is 47.3 Å². The zero-order chi connectivity index (χ0) is 21.3. The summed E-state index contributed by atoms with van der Waals surface area (Å²) in [5.41, 5.74) is 0.237. The Morgan fingerprint density at radius 3 is 2.80 bits per heavy atom. The number of anilines is 2. The van der Waals surface area contributed by atoms with Gasteiger partial charge in [0.05, 0.1) is 12.0 Å². The minimum atomic E-state index is -0.768.